The van der Waals surface area contributed by atoms with Crippen molar-refractivity contribution in [2.45, 2.75) is 25.0 Å². The van der Waals surface area contributed by atoms with Crippen molar-refractivity contribution >= 4 is 0 Å². The summed E-state index contributed by atoms with van der Waals surface area (Å²) in [6.07, 6.45) is 3.68. The van der Waals surface area contributed by atoms with Gasteiger partial charge in [0.1, 0.15) is 5.60 Å². The normalized spacial score (nSPS) is 18.1. The second kappa shape index (κ2) is 8.03. The zero-order chi connectivity index (χ0) is 18.5. The summed E-state index contributed by atoms with van der Waals surface area (Å²) >= 11 is 0. The predicted octanol–water partition coefficient (Wildman–Crippen LogP) is 4.23. The topological polar surface area (TPSA) is 36.4 Å². The smallest absolute Gasteiger partial charge is 0.134 e. The van der Waals surface area contributed by atoms with Crippen LogP contribution in [-0.4, -0.2) is 28.1 Å². The van der Waals surface area contributed by atoms with Crippen molar-refractivity contribution < 1.29 is 5.11 Å². The molecule has 3 heteroatoms. The molecule has 3 aromatic rings. The molecule has 2 heterocycles. The van der Waals surface area contributed by atoms with Crippen LogP contribution in [0.1, 0.15) is 29.7 Å². The van der Waals surface area contributed by atoms with E-state index in [-0.39, 0.29) is 5.92 Å². The number of hydrogen-bond donors (Lipinski definition) is 1. The molecular formula is C24H26N2O. The maximum Gasteiger partial charge on any atom is 0.134 e. The van der Waals surface area contributed by atoms with Crippen molar-refractivity contribution in [3.8, 4) is 0 Å². The minimum atomic E-state index is -1.04. The zero-order valence-corrected chi connectivity index (χ0v) is 15.5. The number of hydrogen-bond acceptors (Lipinski definition) is 3. The Bertz CT molecular complexity index is 789. The van der Waals surface area contributed by atoms with Gasteiger partial charge in [0.25, 0.3) is 0 Å². The summed E-state index contributed by atoms with van der Waals surface area (Å²) in [7, 11) is 0. The Labute approximate surface area is 161 Å². The molecule has 1 aliphatic heterocycles. The second-order valence-electron chi connectivity index (χ2n) is 7.38. The van der Waals surface area contributed by atoms with Crippen molar-refractivity contribution in [2.24, 2.45) is 5.92 Å². The maximum absolute atomic E-state index is 11.9. The fraction of sp³-hybridized carbons (Fsp3) is 0.292. The Kier molecular flexibility index (Phi) is 5.33. The van der Waals surface area contributed by atoms with Gasteiger partial charge in [0.15, 0.2) is 0 Å². The standard InChI is InChI=1S/C24H26N2O/c27-24(21-11-5-2-6-12-21,23-13-7-8-16-25-23)22-14-17-26(18-15-22)19-20-9-3-1-4-10-20/h1-13,16,22,27H,14-15,17-19H2. The lowest BCUT2D eigenvalue weighted by Crippen LogP contribution is -2.44. The van der Waals surface area contributed by atoms with E-state index in [9.17, 15) is 5.11 Å². The van der Waals surface area contributed by atoms with Crippen LogP contribution in [0.15, 0.2) is 85.1 Å². The quantitative estimate of drug-likeness (QED) is 0.741. The first-order valence-electron chi connectivity index (χ1n) is 9.72. The van der Waals surface area contributed by atoms with Crippen molar-refractivity contribution in [3.63, 3.8) is 0 Å². The maximum atomic E-state index is 11.9. The molecule has 0 spiro atoms. The third-order valence-corrected chi connectivity index (χ3v) is 5.70. The predicted molar refractivity (Wildman–Crippen MR) is 108 cm³/mol. The van der Waals surface area contributed by atoms with E-state index in [4.69, 9.17) is 0 Å². The van der Waals surface area contributed by atoms with Gasteiger partial charge in [-0.15, -0.1) is 0 Å². The molecule has 1 aliphatic rings. The van der Waals surface area contributed by atoms with E-state index in [0.29, 0.717) is 0 Å². The highest BCUT2D eigenvalue weighted by molar-refractivity contribution is 5.33. The Balaban J connectivity index is 1.54. The molecular weight excluding hydrogens is 332 g/mol. The largest absolute Gasteiger partial charge is 0.378 e. The van der Waals surface area contributed by atoms with Gasteiger partial charge in [-0.1, -0.05) is 66.7 Å². The third kappa shape index (κ3) is 3.80. The average molecular weight is 358 g/mol. The van der Waals surface area contributed by atoms with Crippen molar-refractivity contribution in [1.82, 2.24) is 9.88 Å². The molecule has 0 saturated carbocycles. The molecule has 27 heavy (non-hydrogen) atoms. The monoisotopic (exact) mass is 358 g/mol. The van der Waals surface area contributed by atoms with E-state index in [2.05, 4.69) is 40.2 Å². The van der Waals surface area contributed by atoms with Gasteiger partial charge in [0.2, 0.25) is 0 Å². The van der Waals surface area contributed by atoms with Gasteiger partial charge in [-0.05, 0) is 49.2 Å². The van der Waals surface area contributed by atoms with Crippen LogP contribution in [0.3, 0.4) is 0 Å². The number of aliphatic hydroxyl groups is 1. The lowest BCUT2D eigenvalue weighted by Gasteiger charge is -2.41. The van der Waals surface area contributed by atoms with Crippen LogP contribution < -0.4 is 0 Å². The van der Waals surface area contributed by atoms with Gasteiger partial charge in [-0.3, -0.25) is 9.88 Å². The van der Waals surface area contributed by atoms with Crippen LogP contribution in [0, 0.1) is 5.92 Å². The first kappa shape index (κ1) is 17.9. The lowest BCUT2D eigenvalue weighted by molar-refractivity contribution is -0.0185. The number of benzene rings is 2. The molecule has 0 aliphatic carbocycles. The first-order chi connectivity index (χ1) is 13.3. The highest BCUT2D eigenvalue weighted by Gasteiger charge is 2.42. The highest BCUT2D eigenvalue weighted by atomic mass is 16.3. The van der Waals surface area contributed by atoms with E-state index in [1.165, 1.54) is 5.56 Å². The lowest BCUT2D eigenvalue weighted by atomic mass is 9.74. The molecule has 4 rings (SSSR count). The minimum Gasteiger partial charge on any atom is -0.378 e. The summed E-state index contributed by atoms with van der Waals surface area (Å²) in [4.78, 5) is 7.01. The highest BCUT2D eigenvalue weighted by Crippen LogP contribution is 2.41. The fourth-order valence-electron chi connectivity index (χ4n) is 4.22. The molecule has 1 saturated heterocycles. The van der Waals surface area contributed by atoms with Gasteiger partial charge < -0.3 is 5.11 Å². The second-order valence-corrected chi connectivity index (χ2v) is 7.38. The molecule has 0 bridgehead atoms. The summed E-state index contributed by atoms with van der Waals surface area (Å²) in [6.45, 7) is 2.95. The molecule has 2 aromatic carbocycles. The molecule has 138 valence electrons. The number of rotatable bonds is 5. The van der Waals surface area contributed by atoms with Crippen LogP contribution in [-0.2, 0) is 12.1 Å². The minimum absolute atomic E-state index is 0.154. The van der Waals surface area contributed by atoms with Crippen molar-refractivity contribution in [2.75, 3.05) is 13.1 Å². The first-order valence-corrected chi connectivity index (χ1v) is 9.72. The molecule has 3 nitrogen and oxygen atoms in total. The van der Waals surface area contributed by atoms with E-state index in [1.807, 2.05) is 48.5 Å². The van der Waals surface area contributed by atoms with Crippen LogP contribution in [0.5, 0.6) is 0 Å². The molecule has 1 unspecified atom stereocenters. The van der Waals surface area contributed by atoms with Gasteiger partial charge in [0, 0.05) is 18.7 Å². The van der Waals surface area contributed by atoms with Crippen molar-refractivity contribution in [3.05, 3.63) is 102 Å². The molecule has 0 radical (unpaired) electrons. The third-order valence-electron chi connectivity index (χ3n) is 5.70. The zero-order valence-electron chi connectivity index (χ0n) is 15.5. The fourth-order valence-corrected chi connectivity index (χ4v) is 4.22. The van der Waals surface area contributed by atoms with Crippen LogP contribution in [0.4, 0.5) is 0 Å². The molecule has 1 atom stereocenters. The number of pyridine rings is 1. The molecule has 0 amide bonds. The Hall–Kier alpha value is -2.49. The van der Waals surface area contributed by atoms with Crippen LogP contribution in [0.25, 0.3) is 0 Å². The Morgan fingerprint density at radius 2 is 1.48 bits per heavy atom. The summed E-state index contributed by atoms with van der Waals surface area (Å²) < 4.78 is 0. The number of nitrogens with zero attached hydrogens (tertiary/aromatic N) is 2. The Morgan fingerprint density at radius 1 is 0.852 bits per heavy atom. The molecule has 1 N–H and O–H groups in total. The Morgan fingerprint density at radius 3 is 2.11 bits per heavy atom. The summed E-state index contributed by atoms with van der Waals surface area (Å²) in [5.74, 6) is 0.154. The SMILES string of the molecule is OC(c1ccccc1)(c1ccccn1)C1CCN(Cc2ccccc2)CC1. The van der Waals surface area contributed by atoms with E-state index in [1.54, 1.807) is 6.20 Å². The van der Waals surface area contributed by atoms with E-state index in [0.717, 1.165) is 43.7 Å². The van der Waals surface area contributed by atoms with Gasteiger partial charge in [0.05, 0.1) is 5.69 Å². The van der Waals surface area contributed by atoms with Gasteiger partial charge in [-0.25, -0.2) is 0 Å². The summed E-state index contributed by atoms with van der Waals surface area (Å²) in [5, 5.41) is 11.9. The number of piperidine rings is 1. The van der Waals surface area contributed by atoms with Crippen LogP contribution >= 0.6 is 0 Å². The number of aromatic nitrogens is 1. The molecule has 1 aromatic heterocycles. The van der Waals surface area contributed by atoms with Crippen molar-refractivity contribution in [1.29, 1.82) is 0 Å². The van der Waals surface area contributed by atoms with Gasteiger partial charge >= 0.3 is 0 Å². The van der Waals surface area contributed by atoms with Crippen LogP contribution in [0.2, 0.25) is 0 Å². The number of likely N-dealkylation sites (tertiary alicyclic amines) is 1. The average Bonchev–Trinajstić information content (AvgIpc) is 2.76. The van der Waals surface area contributed by atoms with E-state index < -0.39 is 5.60 Å². The molecule has 1 fully saturated rings. The van der Waals surface area contributed by atoms with E-state index >= 15 is 0 Å². The summed E-state index contributed by atoms with van der Waals surface area (Å²) in [5.41, 5.74) is 1.99. The summed E-state index contributed by atoms with van der Waals surface area (Å²) in [6, 6.07) is 26.4. The van der Waals surface area contributed by atoms with Gasteiger partial charge in [-0.2, -0.15) is 0 Å².